The molecule has 3 rings (SSSR count). The van der Waals surface area contributed by atoms with Crippen LogP contribution in [-0.4, -0.2) is 21.2 Å². The monoisotopic (exact) mass is 492 g/mol. The molecule has 0 amide bonds. The molecule has 0 atom stereocenters. The van der Waals surface area contributed by atoms with E-state index >= 15 is 0 Å². The molecule has 168 valence electrons. The normalized spacial score (nSPS) is 11.5. The molecule has 0 radical (unpaired) electrons. The van der Waals surface area contributed by atoms with E-state index in [0.717, 1.165) is 11.1 Å². The zero-order chi connectivity index (χ0) is 23.1. The van der Waals surface area contributed by atoms with Gasteiger partial charge < -0.3 is 9.47 Å². The molecule has 1 N–H and O–H groups in total. The van der Waals surface area contributed by atoms with Gasteiger partial charge >= 0.3 is 0 Å². The van der Waals surface area contributed by atoms with Gasteiger partial charge in [0, 0.05) is 15.6 Å². The summed E-state index contributed by atoms with van der Waals surface area (Å²) in [5, 5.41) is 4.93. The summed E-state index contributed by atoms with van der Waals surface area (Å²) in [6, 6.07) is 16.9. The summed E-state index contributed by atoms with van der Waals surface area (Å²) in [7, 11) is -3.75. The molecule has 32 heavy (non-hydrogen) atoms. The average molecular weight is 493 g/mol. The fourth-order valence-electron chi connectivity index (χ4n) is 2.73. The number of nitrogens with one attached hydrogen (secondary N) is 1. The minimum absolute atomic E-state index is 0.139. The van der Waals surface area contributed by atoms with Crippen LogP contribution in [-0.2, 0) is 16.6 Å². The highest BCUT2D eigenvalue weighted by Crippen LogP contribution is 2.30. The molecule has 9 heteroatoms. The van der Waals surface area contributed by atoms with Gasteiger partial charge in [-0.1, -0.05) is 47.0 Å². The first kappa shape index (κ1) is 23.9. The number of hydrogen-bond donors (Lipinski definition) is 1. The SMILES string of the molecule is CCOc1cc(/C=N/NS(=O)(=O)c2ccc(C)cc2)ccc1OCc1ccc(Cl)cc1Cl. The van der Waals surface area contributed by atoms with E-state index in [1.54, 1.807) is 48.5 Å². The van der Waals surface area contributed by atoms with E-state index in [1.165, 1.54) is 18.3 Å². The first-order chi connectivity index (χ1) is 15.3. The topological polar surface area (TPSA) is 77.0 Å². The number of benzene rings is 3. The molecular weight excluding hydrogens is 471 g/mol. The van der Waals surface area contributed by atoms with Crippen molar-refractivity contribution in [3.63, 3.8) is 0 Å². The highest BCUT2D eigenvalue weighted by atomic mass is 35.5. The van der Waals surface area contributed by atoms with Crippen molar-refractivity contribution in [3.05, 3.63) is 87.4 Å². The molecule has 0 saturated carbocycles. The third kappa shape index (κ3) is 6.38. The molecule has 0 fully saturated rings. The van der Waals surface area contributed by atoms with Gasteiger partial charge in [-0.05, 0) is 61.9 Å². The number of rotatable bonds is 9. The Kier molecular flexibility index (Phi) is 8.01. The second-order valence-corrected chi connectivity index (χ2v) is 9.33. The average Bonchev–Trinajstić information content (AvgIpc) is 2.74. The van der Waals surface area contributed by atoms with Crippen LogP contribution in [0.15, 0.2) is 70.7 Å². The summed E-state index contributed by atoms with van der Waals surface area (Å²) >= 11 is 12.1. The Morgan fingerprint density at radius 1 is 0.969 bits per heavy atom. The number of sulfonamides is 1. The van der Waals surface area contributed by atoms with Gasteiger partial charge in [-0.2, -0.15) is 13.5 Å². The van der Waals surface area contributed by atoms with Crippen molar-refractivity contribution in [1.29, 1.82) is 0 Å². The van der Waals surface area contributed by atoms with Crippen molar-refractivity contribution < 1.29 is 17.9 Å². The molecule has 0 bridgehead atoms. The standard InChI is InChI=1S/C23H22Cl2N2O4S/c1-3-30-23-12-17(14-26-27-32(28,29)20-9-4-16(2)5-10-20)6-11-22(23)31-15-18-7-8-19(24)13-21(18)25/h4-14,27H,3,15H2,1-2H3/b26-14+. The third-order valence-electron chi connectivity index (χ3n) is 4.38. The quantitative estimate of drug-likeness (QED) is 0.311. The molecule has 0 aliphatic heterocycles. The van der Waals surface area contributed by atoms with Crippen LogP contribution in [0, 0.1) is 6.92 Å². The smallest absolute Gasteiger partial charge is 0.276 e. The fourth-order valence-corrected chi connectivity index (χ4v) is 3.98. The van der Waals surface area contributed by atoms with Gasteiger partial charge in [0.1, 0.15) is 6.61 Å². The van der Waals surface area contributed by atoms with E-state index in [-0.39, 0.29) is 11.5 Å². The predicted octanol–water partition coefficient (Wildman–Crippen LogP) is 5.59. The summed E-state index contributed by atoms with van der Waals surface area (Å²) in [5.74, 6) is 1.03. The molecule has 0 aliphatic rings. The van der Waals surface area contributed by atoms with Crippen LogP contribution in [0.3, 0.4) is 0 Å². The number of aryl methyl sites for hydroxylation is 1. The zero-order valence-electron chi connectivity index (χ0n) is 17.5. The van der Waals surface area contributed by atoms with E-state index in [0.29, 0.717) is 33.7 Å². The van der Waals surface area contributed by atoms with Crippen LogP contribution >= 0.6 is 23.2 Å². The summed E-state index contributed by atoms with van der Waals surface area (Å²) in [6.07, 6.45) is 1.40. The molecule has 3 aromatic rings. The number of ether oxygens (including phenoxy) is 2. The second-order valence-electron chi connectivity index (χ2n) is 6.83. The maximum Gasteiger partial charge on any atom is 0.276 e. The lowest BCUT2D eigenvalue weighted by atomic mass is 10.2. The first-order valence-corrected chi connectivity index (χ1v) is 12.0. The van der Waals surface area contributed by atoms with Gasteiger partial charge in [-0.15, -0.1) is 0 Å². The van der Waals surface area contributed by atoms with Crippen molar-refractivity contribution in [2.75, 3.05) is 6.61 Å². The van der Waals surface area contributed by atoms with Crippen LogP contribution in [0.1, 0.15) is 23.6 Å². The number of halogens is 2. The second kappa shape index (κ2) is 10.7. The molecule has 0 aliphatic carbocycles. The Morgan fingerprint density at radius 3 is 2.41 bits per heavy atom. The van der Waals surface area contributed by atoms with Crippen LogP contribution in [0.4, 0.5) is 0 Å². The van der Waals surface area contributed by atoms with Gasteiger partial charge in [0.05, 0.1) is 17.7 Å². The summed E-state index contributed by atoms with van der Waals surface area (Å²) in [5.41, 5.74) is 2.39. The van der Waals surface area contributed by atoms with E-state index in [1.807, 2.05) is 13.8 Å². The highest BCUT2D eigenvalue weighted by molar-refractivity contribution is 7.89. The van der Waals surface area contributed by atoms with Crippen molar-refractivity contribution in [1.82, 2.24) is 4.83 Å². The predicted molar refractivity (Wildman–Crippen MR) is 127 cm³/mol. The molecule has 6 nitrogen and oxygen atoms in total. The summed E-state index contributed by atoms with van der Waals surface area (Å²) in [4.78, 5) is 2.35. The largest absolute Gasteiger partial charge is 0.490 e. The van der Waals surface area contributed by atoms with E-state index in [2.05, 4.69) is 9.93 Å². The number of nitrogens with zero attached hydrogens (tertiary/aromatic N) is 1. The molecule has 0 heterocycles. The van der Waals surface area contributed by atoms with Gasteiger partial charge in [0.15, 0.2) is 11.5 Å². The zero-order valence-corrected chi connectivity index (χ0v) is 19.8. The lowest BCUT2D eigenvalue weighted by Gasteiger charge is -2.13. The van der Waals surface area contributed by atoms with Crippen LogP contribution in [0.2, 0.25) is 10.0 Å². The van der Waals surface area contributed by atoms with Crippen LogP contribution in [0.5, 0.6) is 11.5 Å². The van der Waals surface area contributed by atoms with E-state index in [9.17, 15) is 8.42 Å². The fraction of sp³-hybridized carbons (Fsp3) is 0.174. The highest BCUT2D eigenvalue weighted by Gasteiger charge is 2.12. The Morgan fingerprint density at radius 2 is 1.72 bits per heavy atom. The Labute approximate surface area is 197 Å². The molecule has 0 saturated heterocycles. The van der Waals surface area contributed by atoms with Gasteiger partial charge in [-0.3, -0.25) is 0 Å². The lowest BCUT2D eigenvalue weighted by Crippen LogP contribution is -2.18. The van der Waals surface area contributed by atoms with Crippen molar-refractivity contribution >= 4 is 39.4 Å². The lowest BCUT2D eigenvalue weighted by molar-refractivity contribution is 0.269. The minimum Gasteiger partial charge on any atom is -0.490 e. The Balaban J connectivity index is 1.71. The maximum atomic E-state index is 12.3. The molecule has 0 unspecified atom stereocenters. The third-order valence-corrected chi connectivity index (χ3v) is 6.21. The van der Waals surface area contributed by atoms with Gasteiger partial charge in [0.2, 0.25) is 0 Å². The summed E-state index contributed by atoms with van der Waals surface area (Å²) < 4.78 is 36.2. The maximum absolute atomic E-state index is 12.3. The molecule has 3 aromatic carbocycles. The van der Waals surface area contributed by atoms with Crippen molar-refractivity contribution in [2.45, 2.75) is 25.3 Å². The first-order valence-electron chi connectivity index (χ1n) is 9.73. The van der Waals surface area contributed by atoms with Gasteiger partial charge in [-0.25, -0.2) is 4.83 Å². The minimum atomic E-state index is -3.75. The Hall–Kier alpha value is -2.74. The summed E-state index contributed by atoms with van der Waals surface area (Å²) in [6.45, 7) is 4.41. The van der Waals surface area contributed by atoms with E-state index < -0.39 is 10.0 Å². The molecule has 0 aromatic heterocycles. The van der Waals surface area contributed by atoms with Crippen LogP contribution < -0.4 is 14.3 Å². The van der Waals surface area contributed by atoms with Crippen LogP contribution in [0.25, 0.3) is 0 Å². The molecule has 0 spiro atoms. The number of hydrogen-bond acceptors (Lipinski definition) is 5. The van der Waals surface area contributed by atoms with Gasteiger partial charge in [0.25, 0.3) is 10.0 Å². The number of hydrazone groups is 1. The molecular formula is C23H22Cl2N2O4S. The Bertz CT molecular complexity index is 1210. The van der Waals surface area contributed by atoms with Crippen molar-refractivity contribution in [3.8, 4) is 11.5 Å². The van der Waals surface area contributed by atoms with E-state index in [4.69, 9.17) is 32.7 Å². The van der Waals surface area contributed by atoms with Crippen molar-refractivity contribution in [2.24, 2.45) is 5.10 Å².